The van der Waals surface area contributed by atoms with E-state index in [1.165, 1.54) is 0 Å². The Hall–Kier alpha value is -2.08. The van der Waals surface area contributed by atoms with Crippen LogP contribution in [-0.2, 0) is 19.9 Å². The lowest BCUT2D eigenvalue weighted by Crippen LogP contribution is -2.45. The van der Waals surface area contributed by atoms with E-state index in [9.17, 15) is 14.7 Å². The third kappa shape index (κ3) is 6.58. The van der Waals surface area contributed by atoms with Gasteiger partial charge in [0.05, 0.1) is 25.2 Å². The number of carbonyl (C=O) groups is 2. The second-order valence-electron chi connectivity index (χ2n) is 6.21. The first-order valence-electron chi connectivity index (χ1n) is 8.06. The highest BCUT2D eigenvalue weighted by Crippen LogP contribution is 2.28. The Morgan fingerprint density at radius 2 is 2.04 bits per heavy atom. The molecule has 24 heavy (non-hydrogen) atoms. The van der Waals surface area contributed by atoms with Gasteiger partial charge in [-0.1, -0.05) is 12.1 Å². The van der Waals surface area contributed by atoms with Crippen LogP contribution in [0.5, 0.6) is 5.75 Å². The number of hydrogen-bond donors (Lipinski definition) is 2. The molecule has 0 spiro atoms. The monoisotopic (exact) mass is 337 g/mol. The number of carbonyl (C=O) groups excluding carboxylic acids is 1. The number of amides is 1. The SMILES string of the molecule is COc1cccc(C(C)(CC(=O)O)NC(=O)CCCOC(C)C)c1. The second kappa shape index (κ2) is 9.27. The van der Waals surface area contributed by atoms with Crippen molar-refractivity contribution in [3.05, 3.63) is 29.8 Å². The molecule has 1 amide bonds. The van der Waals surface area contributed by atoms with Crippen LogP contribution in [0.1, 0.15) is 45.6 Å². The molecule has 1 unspecified atom stereocenters. The summed E-state index contributed by atoms with van der Waals surface area (Å²) >= 11 is 0. The number of carboxylic acids is 1. The lowest BCUT2D eigenvalue weighted by molar-refractivity contribution is -0.139. The maximum absolute atomic E-state index is 12.2. The van der Waals surface area contributed by atoms with Crippen LogP contribution in [0.15, 0.2) is 24.3 Å². The molecule has 0 saturated heterocycles. The van der Waals surface area contributed by atoms with Crippen LogP contribution >= 0.6 is 0 Å². The van der Waals surface area contributed by atoms with Crippen molar-refractivity contribution < 1.29 is 24.2 Å². The van der Waals surface area contributed by atoms with Crippen molar-refractivity contribution >= 4 is 11.9 Å². The fourth-order valence-electron chi connectivity index (χ4n) is 2.41. The lowest BCUT2D eigenvalue weighted by atomic mass is 9.88. The van der Waals surface area contributed by atoms with Crippen molar-refractivity contribution in [1.82, 2.24) is 5.32 Å². The molecule has 6 nitrogen and oxygen atoms in total. The van der Waals surface area contributed by atoms with Gasteiger partial charge in [-0.15, -0.1) is 0 Å². The van der Waals surface area contributed by atoms with Crippen LogP contribution in [0.3, 0.4) is 0 Å². The molecule has 0 saturated carbocycles. The first-order chi connectivity index (χ1) is 11.3. The van der Waals surface area contributed by atoms with Crippen LogP contribution in [-0.4, -0.2) is 36.8 Å². The van der Waals surface area contributed by atoms with Crippen molar-refractivity contribution in [2.24, 2.45) is 0 Å². The van der Waals surface area contributed by atoms with E-state index in [1.54, 1.807) is 38.3 Å². The van der Waals surface area contributed by atoms with E-state index in [1.807, 2.05) is 13.8 Å². The summed E-state index contributed by atoms with van der Waals surface area (Å²) in [5, 5.41) is 12.1. The van der Waals surface area contributed by atoms with E-state index in [2.05, 4.69) is 5.32 Å². The molecule has 1 aromatic carbocycles. The Bertz CT molecular complexity index is 558. The standard InChI is InChI=1S/C18H27NO5/c1-13(2)24-10-6-9-16(20)19-18(3,12-17(21)22)14-7-5-8-15(11-14)23-4/h5,7-8,11,13H,6,9-10,12H2,1-4H3,(H,19,20)(H,21,22). The Morgan fingerprint density at radius 1 is 1.33 bits per heavy atom. The van der Waals surface area contributed by atoms with Crippen molar-refractivity contribution in [1.29, 1.82) is 0 Å². The van der Waals surface area contributed by atoms with Gasteiger partial charge in [-0.2, -0.15) is 0 Å². The number of methoxy groups -OCH3 is 1. The number of rotatable bonds is 10. The van der Waals surface area contributed by atoms with Crippen molar-refractivity contribution in [2.45, 2.75) is 51.7 Å². The van der Waals surface area contributed by atoms with Gasteiger partial charge in [0.2, 0.25) is 5.91 Å². The molecular weight excluding hydrogens is 310 g/mol. The van der Waals surface area contributed by atoms with Gasteiger partial charge in [0.15, 0.2) is 0 Å². The molecule has 0 aliphatic heterocycles. The Kier molecular flexibility index (Phi) is 7.71. The van der Waals surface area contributed by atoms with Gasteiger partial charge in [0, 0.05) is 13.0 Å². The Balaban J connectivity index is 2.80. The van der Waals surface area contributed by atoms with E-state index >= 15 is 0 Å². The number of aliphatic carboxylic acids is 1. The van der Waals surface area contributed by atoms with E-state index in [0.717, 1.165) is 0 Å². The smallest absolute Gasteiger partial charge is 0.306 e. The first kappa shape index (κ1) is 20.0. The predicted octanol–water partition coefficient (Wildman–Crippen LogP) is 2.71. The second-order valence-corrected chi connectivity index (χ2v) is 6.21. The molecule has 0 aliphatic carbocycles. The van der Waals surface area contributed by atoms with Crippen LogP contribution in [0, 0.1) is 0 Å². The van der Waals surface area contributed by atoms with Crippen molar-refractivity contribution in [2.75, 3.05) is 13.7 Å². The topological polar surface area (TPSA) is 84.9 Å². The highest BCUT2D eigenvalue weighted by molar-refractivity contribution is 5.78. The molecule has 2 N–H and O–H groups in total. The van der Waals surface area contributed by atoms with Crippen molar-refractivity contribution in [3.8, 4) is 5.75 Å². The zero-order valence-corrected chi connectivity index (χ0v) is 14.8. The average Bonchev–Trinajstić information content (AvgIpc) is 2.50. The minimum absolute atomic E-state index is 0.127. The van der Waals surface area contributed by atoms with Gasteiger partial charge in [-0.3, -0.25) is 9.59 Å². The molecule has 0 fully saturated rings. The summed E-state index contributed by atoms with van der Waals surface area (Å²) in [5.74, 6) is -0.568. The quantitative estimate of drug-likeness (QED) is 0.641. The van der Waals surface area contributed by atoms with E-state index in [4.69, 9.17) is 9.47 Å². The summed E-state index contributed by atoms with van der Waals surface area (Å²) < 4.78 is 10.6. The summed E-state index contributed by atoms with van der Waals surface area (Å²) in [5.41, 5.74) is -0.313. The first-order valence-corrected chi connectivity index (χ1v) is 8.06. The number of carboxylic acid groups (broad SMARTS) is 1. The van der Waals surface area contributed by atoms with Crippen LogP contribution in [0.4, 0.5) is 0 Å². The molecular formula is C18H27NO5. The van der Waals surface area contributed by atoms with Crippen molar-refractivity contribution in [3.63, 3.8) is 0 Å². The minimum Gasteiger partial charge on any atom is -0.497 e. The van der Waals surface area contributed by atoms with Gasteiger partial charge < -0.3 is 19.9 Å². The molecule has 134 valence electrons. The van der Waals surface area contributed by atoms with Gasteiger partial charge in [0.25, 0.3) is 0 Å². The molecule has 1 aromatic rings. The third-order valence-electron chi connectivity index (χ3n) is 3.63. The highest BCUT2D eigenvalue weighted by Gasteiger charge is 2.31. The van der Waals surface area contributed by atoms with Gasteiger partial charge in [-0.25, -0.2) is 0 Å². The fourth-order valence-corrected chi connectivity index (χ4v) is 2.41. The minimum atomic E-state index is -1.00. The number of ether oxygens (including phenoxy) is 2. The Labute approximate surface area is 143 Å². The summed E-state index contributed by atoms with van der Waals surface area (Å²) in [7, 11) is 1.54. The summed E-state index contributed by atoms with van der Waals surface area (Å²) in [6, 6.07) is 7.07. The number of nitrogens with one attached hydrogen (secondary N) is 1. The normalized spacial score (nSPS) is 13.4. The zero-order chi connectivity index (χ0) is 18.2. The fraction of sp³-hybridized carbons (Fsp3) is 0.556. The maximum Gasteiger partial charge on any atom is 0.306 e. The maximum atomic E-state index is 12.2. The van der Waals surface area contributed by atoms with Gasteiger partial charge >= 0.3 is 5.97 Å². The average molecular weight is 337 g/mol. The predicted molar refractivity (Wildman–Crippen MR) is 91.1 cm³/mol. The molecule has 6 heteroatoms. The van der Waals surface area contributed by atoms with Crippen LogP contribution in [0.2, 0.25) is 0 Å². The van der Waals surface area contributed by atoms with Crippen LogP contribution in [0.25, 0.3) is 0 Å². The number of hydrogen-bond acceptors (Lipinski definition) is 4. The molecule has 0 heterocycles. The molecule has 0 radical (unpaired) electrons. The molecule has 1 rings (SSSR count). The molecule has 0 aromatic heterocycles. The van der Waals surface area contributed by atoms with Gasteiger partial charge in [0.1, 0.15) is 5.75 Å². The Morgan fingerprint density at radius 3 is 2.62 bits per heavy atom. The largest absolute Gasteiger partial charge is 0.497 e. The zero-order valence-electron chi connectivity index (χ0n) is 14.8. The van der Waals surface area contributed by atoms with E-state index < -0.39 is 11.5 Å². The summed E-state index contributed by atoms with van der Waals surface area (Å²) in [6.07, 6.45) is 0.785. The molecule has 0 bridgehead atoms. The molecule has 1 atom stereocenters. The van der Waals surface area contributed by atoms with E-state index in [0.29, 0.717) is 24.3 Å². The number of benzene rings is 1. The van der Waals surface area contributed by atoms with Crippen LogP contribution < -0.4 is 10.1 Å². The summed E-state index contributed by atoms with van der Waals surface area (Å²) in [6.45, 7) is 6.08. The highest BCUT2D eigenvalue weighted by atomic mass is 16.5. The van der Waals surface area contributed by atoms with Gasteiger partial charge in [-0.05, 0) is 44.9 Å². The third-order valence-corrected chi connectivity index (χ3v) is 3.63. The lowest BCUT2D eigenvalue weighted by Gasteiger charge is -2.30. The molecule has 0 aliphatic rings. The summed E-state index contributed by atoms with van der Waals surface area (Å²) in [4.78, 5) is 23.5. The van der Waals surface area contributed by atoms with E-state index in [-0.39, 0.29) is 24.9 Å².